The molecule has 0 saturated carbocycles. The zero-order chi connectivity index (χ0) is 13.9. The lowest BCUT2D eigenvalue weighted by molar-refractivity contribution is 0.0936. The molecule has 1 rings (SSSR count). The standard InChI is InChI=1S/C10H13BrN2O4S/c1-6(2)12-10(14)9-7(11)4-5-8(13-9)17-18(3,15)16/h4-6H,1-3H3,(H,12,14). The molecule has 100 valence electrons. The molecule has 1 amide bonds. The molecule has 1 heterocycles. The van der Waals surface area contributed by atoms with E-state index >= 15 is 0 Å². The van der Waals surface area contributed by atoms with Gasteiger partial charge in [0.15, 0.2) is 0 Å². The first-order chi connectivity index (χ1) is 8.19. The van der Waals surface area contributed by atoms with Gasteiger partial charge < -0.3 is 9.50 Å². The lowest BCUT2D eigenvalue weighted by atomic mass is 10.3. The van der Waals surface area contributed by atoms with Crippen LogP contribution in [0.1, 0.15) is 24.3 Å². The minimum absolute atomic E-state index is 0.0503. The molecule has 1 aromatic heterocycles. The normalized spacial score (nSPS) is 11.4. The number of carbonyl (C=O) groups is 1. The van der Waals surface area contributed by atoms with Crippen molar-refractivity contribution in [3.63, 3.8) is 0 Å². The summed E-state index contributed by atoms with van der Waals surface area (Å²) >= 11 is 3.17. The van der Waals surface area contributed by atoms with Crippen LogP contribution < -0.4 is 9.50 Å². The lowest BCUT2D eigenvalue weighted by Crippen LogP contribution is -2.31. The van der Waals surface area contributed by atoms with Gasteiger partial charge in [-0.1, -0.05) is 0 Å². The van der Waals surface area contributed by atoms with Gasteiger partial charge in [0, 0.05) is 16.6 Å². The van der Waals surface area contributed by atoms with E-state index in [-0.39, 0.29) is 17.6 Å². The lowest BCUT2D eigenvalue weighted by Gasteiger charge is -2.10. The summed E-state index contributed by atoms with van der Waals surface area (Å²) in [5, 5.41) is 2.65. The highest BCUT2D eigenvalue weighted by molar-refractivity contribution is 9.10. The van der Waals surface area contributed by atoms with Gasteiger partial charge in [-0.05, 0) is 35.8 Å². The molecule has 0 aromatic carbocycles. The van der Waals surface area contributed by atoms with Crippen LogP contribution >= 0.6 is 15.9 Å². The van der Waals surface area contributed by atoms with Gasteiger partial charge in [0.2, 0.25) is 5.88 Å². The molecule has 0 spiro atoms. The maximum Gasteiger partial charge on any atom is 0.307 e. The molecule has 0 atom stereocenters. The third kappa shape index (κ3) is 4.61. The number of pyridine rings is 1. The Morgan fingerprint density at radius 1 is 1.44 bits per heavy atom. The van der Waals surface area contributed by atoms with E-state index in [1.54, 1.807) is 0 Å². The molecule has 0 aliphatic carbocycles. The molecule has 0 radical (unpaired) electrons. The summed E-state index contributed by atoms with van der Waals surface area (Å²) in [6.45, 7) is 3.62. The summed E-state index contributed by atoms with van der Waals surface area (Å²) in [5.41, 5.74) is 0.0739. The molecule has 1 N–H and O–H groups in total. The minimum atomic E-state index is -3.67. The van der Waals surface area contributed by atoms with Gasteiger partial charge in [-0.2, -0.15) is 8.42 Å². The molecule has 18 heavy (non-hydrogen) atoms. The van der Waals surface area contributed by atoms with Crippen LogP contribution in [0.25, 0.3) is 0 Å². The van der Waals surface area contributed by atoms with Crippen LogP contribution in [-0.2, 0) is 10.1 Å². The quantitative estimate of drug-likeness (QED) is 0.838. The Bertz CT molecular complexity index is 557. The summed E-state index contributed by atoms with van der Waals surface area (Å²) in [5.74, 6) is -0.551. The average Bonchev–Trinajstić information content (AvgIpc) is 2.17. The largest absolute Gasteiger partial charge is 0.362 e. The minimum Gasteiger partial charge on any atom is -0.362 e. The maximum absolute atomic E-state index is 11.8. The smallest absolute Gasteiger partial charge is 0.307 e. The highest BCUT2D eigenvalue weighted by Crippen LogP contribution is 2.19. The number of halogens is 1. The second-order valence-electron chi connectivity index (χ2n) is 3.90. The number of hydrogen-bond donors (Lipinski definition) is 1. The topological polar surface area (TPSA) is 85.4 Å². The molecular formula is C10H13BrN2O4S. The Balaban J connectivity index is 3.05. The first kappa shape index (κ1) is 14.9. The Morgan fingerprint density at radius 2 is 2.06 bits per heavy atom. The van der Waals surface area contributed by atoms with E-state index in [0.717, 1.165) is 6.26 Å². The summed E-state index contributed by atoms with van der Waals surface area (Å²) in [6, 6.07) is 2.81. The highest BCUT2D eigenvalue weighted by Gasteiger charge is 2.15. The van der Waals surface area contributed by atoms with Gasteiger partial charge in [0.05, 0.1) is 6.26 Å². The van der Waals surface area contributed by atoms with Gasteiger partial charge in [0.25, 0.3) is 5.91 Å². The van der Waals surface area contributed by atoms with Crippen LogP contribution in [0.3, 0.4) is 0 Å². The third-order valence-electron chi connectivity index (χ3n) is 1.69. The van der Waals surface area contributed by atoms with Crippen molar-refractivity contribution >= 4 is 32.0 Å². The predicted octanol–water partition coefficient (Wildman–Crippen LogP) is 1.32. The number of carbonyl (C=O) groups excluding carboxylic acids is 1. The number of rotatable bonds is 4. The molecular weight excluding hydrogens is 324 g/mol. The van der Waals surface area contributed by atoms with E-state index in [1.807, 2.05) is 13.8 Å². The SMILES string of the molecule is CC(C)NC(=O)c1nc(OS(C)(=O)=O)ccc1Br. The number of aromatic nitrogens is 1. The van der Waals surface area contributed by atoms with Crippen LogP contribution in [0.4, 0.5) is 0 Å². The summed E-state index contributed by atoms with van der Waals surface area (Å²) < 4.78 is 27.0. The summed E-state index contributed by atoms with van der Waals surface area (Å²) in [7, 11) is -3.67. The fourth-order valence-corrected chi connectivity index (χ4v) is 1.92. The van der Waals surface area contributed by atoms with Crippen LogP contribution in [-0.4, -0.2) is 31.6 Å². The fraction of sp³-hybridized carbons (Fsp3) is 0.400. The molecule has 1 aromatic rings. The molecule has 0 saturated heterocycles. The van der Waals surface area contributed by atoms with Gasteiger partial charge in [-0.15, -0.1) is 0 Å². The number of nitrogens with one attached hydrogen (secondary N) is 1. The van der Waals surface area contributed by atoms with Crippen molar-refractivity contribution in [3.05, 3.63) is 22.3 Å². The predicted molar refractivity (Wildman–Crippen MR) is 70.0 cm³/mol. The van der Waals surface area contributed by atoms with E-state index in [0.29, 0.717) is 4.47 Å². The van der Waals surface area contributed by atoms with Gasteiger partial charge in [-0.25, -0.2) is 4.98 Å². The Morgan fingerprint density at radius 3 is 2.56 bits per heavy atom. The molecule has 0 fully saturated rings. The highest BCUT2D eigenvalue weighted by atomic mass is 79.9. The third-order valence-corrected chi connectivity index (χ3v) is 2.81. The van der Waals surface area contributed by atoms with Crippen molar-refractivity contribution in [3.8, 4) is 5.88 Å². The molecule has 8 heteroatoms. The molecule has 0 aliphatic heterocycles. The zero-order valence-corrected chi connectivity index (χ0v) is 12.5. The fourth-order valence-electron chi connectivity index (χ4n) is 1.12. The van der Waals surface area contributed by atoms with Crippen LogP contribution in [0, 0.1) is 0 Å². The Kier molecular flexibility index (Phi) is 4.69. The van der Waals surface area contributed by atoms with E-state index < -0.39 is 16.0 Å². The Labute approximate surface area is 114 Å². The molecule has 0 bridgehead atoms. The van der Waals surface area contributed by atoms with Crippen molar-refractivity contribution in [2.75, 3.05) is 6.26 Å². The first-order valence-electron chi connectivity index (χ1n) is 5.06. The second-order valence-corrected chi connectivity index (χ2v) is 6.32. The average molecular weight is 337 g/mol. The number of nitrogens with zero attached hydrogens (tertiary/aromatic N) is 1. The zero-order valence-electron chi connectivity index (χ0n) is 10.1. The van der Waals surface area contributed by atoms with Gasteiger partial charge in [-0.3, -0.25) is 4.79 Å². The first-order valence-corrected chi connectivity index (χ1v) is 7.67. The number of amides is 1. The van der Waals surface area contributed by atoms with Gasteiger partial charge in [0.1, 0.15) is 5.69 Å². The van der Waals surface area contributed by atoms with Crippen molar-refractivity contribution in [1.29, 1.82) is 0 Å². The monoisotopic (exact) mass is 336 g/mol. The van der Waals surface area contributed by atoms with E-state index in [2.05, 4.69) is 30.4 Å². The van der Waals surface area contributed by atoms with Crippen molar-refractivity contribution in [2.24, 2.45) is 0 Å². The summed E-state index contributed by atoms with van der Waals surface area (Å²) in [6.07, 6.45) is 0.907. The molecule has 0 unspecified atom stereocenters. The molecule has 0 aliphatic rings. The van der Waals surface area contributed by atoms with E-state index in [9.17, 15) is 13.2 Å². The summed E-state index contributed by atoms with van der Waals surface area (Å²) in [4.78, 5) is 15.6. The Hall–Kier alpha value is -1.15. The second kappa shape index (κ2) is 5.66. The van der Waals surface area contributed by atoms with E-state index in [4.69, 9.17) is 0 Å². The van der Waals surface area contributed by atoms with E-state index in [1.165, 1.54) is 12.1 Å². The van der Waals surface area contributed by atoms with Crippen LogP contribution in [0.15, 0.2) is 16.6 Å². The van der Waals surface area contributed by atoms with Crippen LogP contribution in [0.5, 0.6) is 5.88 Å². The van der Waals surface area contributed by atoms with Crippen molar-refractivity contribution in [1.82, 2.24) is 10.3 Å². The molecule has 6 nitrogen and oxygen atoms in total. The van der Waals surface area contributed by atoms with Gasteiger partial charge >= 0.3 is 10.1 Å². The maximum atomic E-state index is 11.8. The van der Waals surface area contributed by atoms with Crippen molar-refractivity contribution < 1.29 is 17.4 Å². The van der Waals surface area contributed by atoms with Crippen LogP contribution in [0.2, 0.25) is 0 Å². The number of hydrogen-bond acceptors (Lipinski definition) is 5. The van der Waals surface area contributed by atoms with Crippen molar-refractivity contribution in [2.45, 2.75) is 19.9 Å².